The molecule has 2 aromatic carbocycles. The van der Waals surface area contributed by atoms with E-state index in [4.69, 9.17) is 18.4 Å². The third kappa shape index (κ3) is 2.95. The van der Waals surface area contributed by atoms with Crippen LogP contribution in [0.3, 0.4) is 0 Å². The Labute approximate surface area is 148 Å². The Morgan fingerprint density at radius 2 is 2.00 bits per heavy atom. The number of carbonyl (C=O) groups excluding carboxylic acids is 1. The monoisotopic (exact) mass is 352 g/mol. The number of benzene rings is 2. The first-order chi connectivity index (χ1) is 12.6. The molecule has 0 bridgehead atoms. The van der Waals surface area contributed by atoms with Crippen LogP contribution in [-0.2, 0) is 4.79 Å². The van der Waals surface area contributed by atoms with Gasteiger partial charge in [-0.2, -0.15) is 0 Å². The molecule has 0 saturated heterocycles. The van der Waals surface area contributed by atoms with Crippen LogP contribution in [0.15, 0.2) is 51.4 Å². The number of carbonyl (C=O) groups is 1. The van der Waals surface area contributed by atoms with Crippen molar-refractivity contribution in [2.24, 2.45) is 0 Å². The van der Waals surface area contributed by atoms with Gasteiger partial charge < -0.3 is 23.7 Å². The van der Waals surface area contributed by atoms with E-state index in [-0.39, 0.29) is 18.4 Å². The summed E-state index contributed by atoms with van der Waals surface area (Å²) in [5.74, 6) is 1.06. The van der Waals surface area contributed by atoms with E-state index < -0.39 is 0 Å². The Morgan fingerprint density at radius 3 is 2.77 bits per heavy atom. The van der Waals surface area contributed by atoms with Gasteiger partial charge in [0.25, 0.3) is 11.8 Å². The molecule has 1 amide bonds. The highest BCUT2D eigenvalue weighted by Gasteiger charge is 2.14. The van der Waals surface area contributed by atoms with E-state index in [1.54, 1.807) is 26.2 Å². The van der Waals surface area contributed by atoms with E-state index in [9.17, 15) is 4.79 Å². The summed E-state index contributed by atoms with van der Waals surface area (Å²) in [6.45, 7) is 1.54. The fourth-order valence-corrected chi connectivity index (χ4v) is 2.76. The highest BCUT2D eigenvalue weighted by atomic mass is 16.5. The second-order valence-corrected chi connectivity index (χ2v) is 5.76. The maximum atomic E-state index is 12.2. The summed E-state index contributed by atoms with van der Waals surface area (Å²) in [6, 6.07) is 12.9. The third-order valence-electron chi connectivity index (χ3n) is 3.93. The number of amides is 1. The number of methoxy groups -OCH3 is 1. The van der Waals surface area contributed by atoms with Gasteiger partial charge in [-0.05, 0) is 24.2 Å². The topological polar surface area (TPSA) is 86.7 Å². The Bertz CT molecular complexity index is 1100. The molecule has 0 saturated carbocycles. The van der Waals surface area contributed by atoms with Gasteiger partial charge in [0.2, 0.25) is 0 Å². The Kier molecular flexibility index (Phi) is 3.96. The normalized spacial score (nSPS) is 11.0. The van der Waals surface area contributed by atoms with Crippen molar-refractivity contribution in [1.82, 2.24) is 5.16 Å². The second-order valence-electron chi connectivity index (χ2n) is 5.76. The van der Waals surface area contributed by atoms with Gasteiger partial charge in [0.15, 0.2) is 6.61 Å². The number of nitrogens with zero attached hydrogens (tertiary/aromatic N) is 1. The van der Waals surface area contributed by atoms with Crippen molar-refractivity contribution in [3.05, 3.63) is 48.2 Å². The number of rotatable bonds is 5. The van der Waals surface area contributed by atoms with E-state index >= 15 is 0 Å². The van der Waals surface area contributed by atoms with Crippen LogP contribution in [0.5, 0.6) is 11.6 Å². The molecule has 0 aliphatic carbocycles. The van der Waals surface area contributed by atoms with Gasteiger partial charge in [-0.25, -0.2) is 0 Å². The third-order valence-corrected chi connectivity index (χ3v) is 3.93. The molecule has 7 heteroatoms. The summed E-state index contributed by atoms with van der Waals surface area (Å²) < 4.78 is 21.4. The molecule has 0 aliphatic rings. The summed E-state index contributed by atoms with van der Waals surface area (Å²) in [7, 11) is 1.55. The van der Waals surface area contributed by atoms with Gasteiger partial charge in [0.05, 0.1) is 12.8 Å². The minimum atomic E-state index is -0.348. The maximum Gasteiger partial charge on any atom is 0.262 e. The van der Waals surface area contributed by atoms with Gasteiger partial charge in [0.1, 0.15) is 22.7 Å². The molecule has 0 aliphatic heterocycles. The van der Waals surface area contributed by atoms with Crippen molar-refractivity contribution < 1.29 is 23.2 Å². The maximum absolute atomic E-state index is 12.2. The van der Waals surface area contributed by atoms with Gasteiger partial charge >= 0.3 is 0 Å². The fourth-order valence-electron chi connectivity index (χ4n) is 2.76. The molecule has 132 valence electrons. The fraction of sp³-hybridized carbons (Fsp3) is 0.158. The van der Waals surface area contributed by atoms with Crippen molar-refractivity contribution in [3.8, 4) is 11.6 Å². The van der Waals surface area contributed by atoms with Crippen LogP contribution < -0.4 is 14.8 Å². The molecule has 7 nitrogen and oxygen atoms in total. The highest BCUT2D eigenvalue weighted by Crippen LogP contribution is 2.36. The van der Waals surface area contributed by atoms with Crippen LogP contribution in [0, 0.1) is 6.92 Å². The van der Waals surface area contributed by atoms with Crippen LogP contribution >= 0.6 is 0 Å². The van der Waals surface area contributed by atoms with Crippen LogP contribution in [0.4, 0.5) is 5.69 Å². The molecule has 1 N–H and O–H groups in total. The molecule has 0 radical (unpaired) electrons. The molecule has 2 aromatic heterocycles. The number of nitrogens with one attached hydrogen (secondary N) is 1. The van der Waals surface area contributed by atoms with Crippen LogP contribution in [0.25, 0.3) is 21.9 Å². The molecule has 2 heterocycles. The Hall–Kier alpha value is -3.48. The first-order valence-electron chi connectivity index (χ1n) is 7.99. The van der Waals surface area contributed by atoms with Crippen molar-refractivity contribution in [1.29, 1.82) is 0 Å². The number of hydrogen-bond acceptors (Lipinski definition) is 6. The van der Waals surface area contributed by atoms with Crippen LogP contribution in [-0.4, -0.2) is 24.8 Å². The van der Waals surface area contributed by atoms with Crippen molar-refractivity contribution in [3.63, 3.8) is 0 Å². The number of fused-ring (bicyclic) bond motifs is 3. The van der Waals surface area contributed by atoms with Gasteiger partial charge in [-0.3, -0.25) is 4.79 Å². The van der Waals surface area contributed by atoms with E-state index in [0.29, 0.717) is 22.8 Å². The number of aromatic nitrogens is 1. The lowest BCUT2D eigenvalue weighted by atomic mass is 10.1. The number of anilines is 1. The summed E-state index contributed by atoms with van der Waals surface area (Å²) in [6.07, 6.45) is 0. The lowest BCUT2D eigenvalue weighted by Gasteiger charge is -2.10. The standard InChI is InChI=1S/C19H16N2O5/c1-11-7-19(21-26-11)24-10-18(22)20-14-9-16-13(8-17(14)23-2)12-5-3-4-6-15(12)25-16/h3-9H,10H2,1-2H3,(H,20,22). The predicted molar refractivity (Wildman–Crippen MR) is 95.6 cm³/mol. The Balaban J connectivity index is 1.58. The molecular formula is C19H16N2O5. The molecule has 26 heavy (non-hydrogen) atoms. The van der Waals surface area contributed by atoms with Gasteiger partial charge in [-0.15, -0.1) is 0 Å². The van der Waals surface area contributed by atoms with Crippen molar-refractivity contribution in [2.75, 3.05) is 19.0 Å². The van der Waals surface area contributed by atoms with Crippen LogP contribution in [0.1, 0.15) is 5.76 Å². The van der Waals surface area contributed by atoms with Gasteiger partial charge in [-0.1, -0.05) is 18.2 Å². The SMILES string of the molecule is COc1cc2c(cc1NC(=O)COc1cc(C)on1)oc1ccccc12. The van der Waals surface area contributed by atoms with Crippen molar-refractivity contribution in [2.45, 2.75) is 6.92 Å². The summed E-state index contributed by atoms with van der Waals surface area (Å²) in [5, 5.41) is 8.35. The molecule has 0 fully saturated rings. The zero-order chi connectivity index (χ0) is 18.1. The Morgan fingerprint density at radius 1 is 1.15 bits per heavy atom. The zero-order valence-electron chi connectivity index (χ0n) is 14.2. The molecule has 4 rings (SSSR count). The lowest BCUT2D eigenvalue weighted by Crippen LogP contribution is -2.20. The van der Waals surface area contributed by atoms with E-state index in [0.717, 1.165) is 16.4 Å². The van der Waals surface area contributed by atoms with E-state index in [2.05, 4.69) is 10.5 Å². The highest BCUT2D eigenvalue weighted by molar-refractivity contribution is 6.07. The number of hydrogen-bond donors (Lipinski definition) is 1. The largest absolute Gasteiger partial charge is 0.495 e. The second kappa shape index (κ2) is 6.44. The first kappa shape index (κ1) is 16.0. The van der Waals surface area contributed by atoms with E-state index in [1.807, 2.05) is 30.3 Å². The minimum absolute atomic E-state index is 0.201. The quantitative estimate of drug-likeness (QED) is 0.586. The number of aryl methyl sites for hydroxylation is 1. The molecule has 0 unspecified atom stereocenters. The minimum Gasteiger partial charge on any atom is -0.495 e. The summed E-state index contributed by atoms with van der Waals surface area (Å²) in [5.41, 5.74) is 1.94. The first-order valence-corrected chi connectivity index (χ1v) is 7.99. The molecular weight excluding hydrogens is 336 g/mol. The van der Waals surface area contributed by atoms with Gasteiger partial charge in [0, 0.05) is 22.9 Å². The predicted octanol–water partition coefficient (Wildman–Crippen LogP) is 3.91. The number of furan rings is 1. The van der Waals surface area contributed by atoms with E-state index in [1.165, 1.54) is 0 Å². The molecule has 4 aromatic rings. The number of para-hydroxylation sites is 1. The van der Waals surface area contributed by atoms with Crippen LogP contribution in [0.2, 0.25) is 0 Å². The average molecular weight is 352 g/mol. The summed E-state index contributed by atoms with van der Waals surface area (Å²) >= 11 is 0. The average Bonchev–Trinajstić information content (AvgIpc) is 3.22. The van der Waals surface area contributed by atoms with Crippen molar-refractivity contribution >= 4 is 33.5 Å². The molecule has 0 spiro atoms. The molecule has 0 atom stereocenters. The summed E-state index contributed by atoms with van der Waals surface area (Å²) in [4.78, 5) is 12.2. The smallest absolute Gasteiger partial charge is 0.262 e. The lowest BCUT2D eigenvalue weighted by molar-refractivity contribution is -0.118. The number of ether oxygens (including phenoxy) is 2. The zero-order valence-corrected chi connectivity index (χ0v) is 14.2.